The fraction of sp³-hybridized carbons (Fsp3) is 0.333. The molecule has 1 aliphatic carbocycles. The summed E-state index contributed by atoms with van der Waals surface area (Å²) < 4.78 is 27.8. The summed E-state index contributed by atoms with van der Waals surface area (Å²) in [6, 6.07) is 15.7. The molecular formula is C27H26F2. The van der Waals surface area contributed by atoms with Crippen LogP contribution in [0.2, 0.25) is 0 Å². The molecule has 0 unspecified atom stereocenters. The number of halogens is 2. The van der Waals surface area contributed by atoms with Gasteiger partial charge in [0, 0.05) is 5.56 Å². The van der Waals surface area contributed by atoms with Gasteiger partial charge >= 0.3 is 0 Å². The number of benzene rings is 3. The van der Waals surface area contributed by atoms with Gasteiger partial charge in [0.2, 0.25) is 0 Å². The molecule has 0 spiro atoms. The number of hydrogen-bond acceptors (Lipinski definition) is 0. The third kappa shape index (κ3) is 5.04. The van der Waals surface area contributed by atoms with Gasteiger partial charge < -0.3 is 0 Å². The SMILES string of the molecule is CC1CCC(CCc2ccc(C#Cc3ccc4cc(F)ccc4c3)c(F)c2)CC1. The monoisotopic (exact) mass is 388 g/mol. The zero-order valence-corrected chi connectivity index (χ0v) is 16.8. The van der Waals surface area contributed by atoms with Crippen LogP contribution in [0.1, 0.15) is 55.7 Å². The van der Waals surface area contributed by atoms with Gasteiger partial charge in [-0.3, -0.25) is 0 Å². The molecule has 1 fully saturated rings. The average molecular weight is 389 g/mol. The molecule has 0 saturated heterocycles. The molecule has 0 aromatic heterocycles. The van der Waals surface area contributed by atoms with E-state index in [-0.39, 0.29) is 11.6 Å². The molecule has 0 atom stereocenters. The Morgan fingerprint density at radius 2 is 1.59 bits per heavy atom. The summed E-state index contributed by atoms with van der Waals surface area (Å²) in [7, 11) is 0. The van der Waals surface area contributed by atoms with Gasteiger partial charge in [0.05, 0.1) is 5.56 Å². The minimum atomic E-state index is -0.255. The first kappa shape index (κ1) is 19.6. The van der Waals surface area contributed by atoms with E-state index in [9.17, 15) is 8.78 Å². The predicted octanol–water partition coefficient (Wildman–Crippen LogP) is 7.28. The van der Waals surface area contributed by atoms with Crippen molar-refractivity contribution in [2.24, 2.45) is 11.8 Å². The molecule has 0 N–H and O–H groups in total. The highest BCUT2D eigenvalue weighted by atomic mass is 19.1. The number of aryl methyl sites for hydroxylation is 1. The van der Waals surface area contributed by atoms with Crippen molar-refractivity contribution in [3.8, 4) is 11.8 Å². The lowest BCUT2D eigenvalue weighted by Crippen LogP contribution is -2.12. The first-order chi connectivity index (χ1) is 14.1. The summed E-state index contributed by atoms with van der Waals surface area (Å²) in [5, 5.41) is 1.75. The Bertz CT molecular complexity index is 1060. The van der Waals surface area contributed by atoms with Crippen LogP contribution in [0, 0.1) is 35.3 Å². The van der Waals surface area contributed by atoms with Crippen LogP contribution in [0.25, 0.3) is 10.8 Å². The standard InChI is InChI=1S/C27H26F2/c1-19-2-4-20(5-3-19)6-7-22-9-12-23(27(29)17-22)11-8-21-10-13-25-18-26(28)15-14-24(25)16-21/h9-10,12-20H,2-7H2,1H3. The second-order valence-electron chi connectivity index (χ2n) is 8.44. The molecule has 0 bridgehead atoms. The van der Waals surface area contributed by atoms with Crippen LogP contribution < -0.4 is 0 Å². The minimum Gasteiger partial charge on any atom is -0.207 e. The lowest BCUT2D eigenvalue weighted by Gasteiger charge is -2.26. The van der Waals surface area contributed by atoms with Gasteiger partial charge in [-0.05, 0) is 77.4 Å². The molecule has 1 saturated carbocycles. The number of hydrogen-bond donors (Lipinski definition) is 0. The van der Waals surface area contributed by atoms with Crippen LogP contribution in [0.4, 0.5) is 8.78 Å². The third-order valence-corrected chi connectivity index (χ3v) is 6.15. The van der Waals surface area contributed by atoms with E-state index in [1.165, 1.54) is 37.8 Å². The lowest BCUT2D eigenvalue weighted by molar-refractivity contribution is 0.277. The summed E-state index contributed by atoms with van der Waals surface area (Å²) in [6.45, 7) is 2.34. The Kier molecular flexibility index (Phi) is 5.95. The third-order valence-electron chi connectivity index (χ3n) is 6.15. The van der Waals surface area contributed by atoms with Gasteiger partial charge in [-0.25, -0.2) is 8.78 Å². The van der Waals surface area contributed by atoms with E-state index in [0.717, 1.165) is 46.6 Å². The smallest absolute Gasteiger partial charge is 0.139 e. The minimum absolute atomic E-state index is 0.253. The van der Waals surface area contributed by atoms with E-state index in [1.807, 2.05) is 24.3 Å². The van der Waals surface area contributed by atoms with E-state index < -0.39 is 0 Å². The molecular weight excluding hydrogens is 362 g/mol. The zero-order chi connectivity index (χ0) is 20.2. The lowest BCUT2D eigenvalue weighted by atomic mass is 9.80. The Morgan fingerprint density at radius 1 is 0.828 bits per heavy atom. The molecule has 0 amide bonds. The van der Waals surface area contributed by atoms with E-state index in [2.05, 4.69) is 18.8 Å². The van der Waals surface area contributed by atoms with E-state index in [1.54, 1.807) is 18.2 Å². The highest BCUT2D eigenvalue weighted by molar-refractivity contribution is 5.83. The highest BCUT2D eigenvalue weighted by Crippen LogP contribution is 2.31. The van der Waals surface area contributed by atoms with Crippen molar-refractivity contribution < 1.29 is 8.78 Å². The Morgan fingerprint density at radius 3 is 2.38 bits per heavy atom. The van der Waals surface area contributed by atoms with Crippen molar-refractivity contribution >= 4 is 10.8 Å². The summed E-state index contributed by atoms with van der Waals surface area (Å²) in [6.07, 6.45) is 7.37. The summed E-state index contributed by atoms with van der Waals surface area (Å²) >= 11 is 0. The normalized spacial score (nSPS) is 19.0. The largest absolute Gasteiger partial charge is 0.207 e. The van der Waals surface area contributed by atoms with Crippen molar-refractivity contribution in [2.75, 3.05) is 0 Å². The molecule has 0 aliphatic heterocycles. The first-order valence-electron chi connectivity index (χ1n) is 10.6. The second kappa shape index (κ2) is 8.78. The van der Waals surface area contributed by atoms with E-state index in [0.29, 0.717) is 5.56 Å². The van der Waals surface area contributed by atoms with Crippen LogP contribution in [-0.4, -0.2) is 0 Å². The maximum Gasteiger partial charge on any atom is 0.139 e. The maximum absolute atomic E-state index is 14.5. The molecule has 148 valence electrons. The molecule has 29 heavy (non-hydrogen) atoms. The van der Waals surface area contributed by atoms with E-state index in [4.69, 9.17) is 0 Å². The van der Waals surface area contributed by atoms with Crippen LogP contribution in [0.3, 0.4) is 0 Å². The van der Waals surface area contributed by atoms with Crippen LogP contribution in [-0.2, 0) is 6.42 Å². The molecule has 4 rings (SSSR count). The molecule has 1 aliphatic rings. The van der Waals surface area contributed by atoms with Crippen molar-refractivity contribution in [1.82, 2.24) is 0 Å². The number of fused-ring (bicyclic) bond motifs is 1. The molecule has 3 aromatic rings. The van der Waals surface area contributed by atoms with Crippen LogP contribution in [0.5, 0.6) is 0 Å². The van der Waals surface area contributed by atoms with Gasteiger partial charge in [0.25, 0.3) is 0 Å². The average Bonchev–Trinajstić information content (AvgIpc) is 2.72. The van der Waals surface area contributed by atoms with Gasteiger partial charge in [-0.15, -0.1) is 0 Å². The first-order valence-corrected chi connectivity index (χ1v) is 10.6. The van der Waals surface area contributed by atoms with Crippen molar-refractivity contribution in [3.63, 3.8) is 0 Å². The molecule has 2 heteroatoms. The number of rotatable bonds is 3. The molecule has 0 radical (unpaired) electrons. The van der Waals surface area contributed by atoms with Gasteiger partial charge in [-0.1, -0.05) is 62.6 Å². The van der Waals surface area contributed by atoms with E-state index >= 15 is 0 Å². The quantitative estimate of drug-likeness (QED) is 0.414. The zero-order valence-electron chi connectivity index (χ0n) is 16.8. The van der Waals surface area contributed by atoms with Crippen molar-refractivity contribution in [2.45, 2.75) is 45.4 Å². The summed E-state index contributed by atoms with van der Waals surface area (Å²) in [5.41, 5.74) is 2.26. The van der Waals surface area contributed by atoms with Gasteiger partial charge in [-0.2, -0.15) is 0 Å². The Balaban J connectivity index is 1.43. The highest BCUT2D eigenvalue weighted by Gasteiger charge is 2.18. The van der Waals surface area contributed by atoms with Crippen LogP contribution >= 0.6 is 0 Å². The van der Waals surface area contributed by atoms with Crippen molar-refractivity contribution in [1.29, 1.82) is 0 Å². The molecule has 3 aromatic carbocycles. The predicted molar refractivity (Wildman–Crippen MR) is 116 cm³/mol. The maximum atomic E-state index is 14.5. The second-order valence-corrected chi connectivity index (χ2v) is 8.44. The Labute approximate surface area is 172 Å². The van der Waals surface area contributed by atoms with Crippen LogP contribution in [0.15, 0.2) is 54.6 Å². The van der Waals surface area contributed by atoms with Gasteiger partial charge in [0.1, 0.15) is 11.6 Å². The molecule has 0 nitrogen and oxygen atoms in total. The van der Waals surface area contributed by atoms with Crippen molar-refractivity contribution in [3.05, 3.63) is 82.9 Å². The topological polar surface area (TPSA) is 0 Å². The molecule has 0 heterocycles. The fourth-order valence-corrected chi connectivity index (χ4v) is 4.24. The summed E-state index contributed by atoms with van der Waals surface area (Å²) in [4.78, 5) is 0. The Hall–Kier alpha value is -2.66. The van der Waals surface area contributed by atoms with Gasteiger partial charge in [0.15, 0.2) is 0 Å². The summed E-state index contributed by atoms with van der Waals surface area (Å²) in [5.74, 6) is 7.12. The fourth-order valence-electron chi connectivity index (χ4n) is 4.24.